The number of nitrogens with zero attached hydrogens (tertiary/aromatic N) is 4. The van der Waals surface area contributed by atoms with E-state index in [4.69, 9.17) is 23.2 Å². The van der Waals surface area contributed by atoms with Crippen molar-refractivity contribution in [3.05, 3.63) is 28.2 Å². The van der Waals surface area contributed by atoms with Crippen molar-refractivity contribution in [2.45, 2.75) is 6.42 Å². The number of halogens is 2. The molecular weight excluding hydrogens is 359 g/mol. The molecule has 0 spiro atoms. The van der Waals surface area contributed by atoms with E-state index in [0.717, 1.165) is 57.9 Å². The van der Waals surface area contributed by atoms with Crippen LogP contribution in [-0.4, -0.2) is 80.6 Å². The van der Waals surface area contributed by atoms with Crippen LogP contribution in [0.3, 0.4) is 0 Å². The summed E-state index contributed by atoms with van der Waals surface area (Å²) < 4.78 is 0. The molecule has 2 aliphatic rings. The quantitative estimate of drug-likeness (QED) is 0.798. The smallest absolute Gasteiger partial charge is 0.319 e. The SMILES string of the molecule is CN(C)C(=O)N1CC(CCN2CCN(c3cccc(Cl)c3Cl)CC2)C1. The zero-order chi connectivity index (χ0) is 18.0. The molecule has 0 radical (unpaired) electrons. The molecule has 0 unspecified atom stereocenters. The van der Waals surface area contributed by atoms with Gasteiger partial charge in [0.1, 0.15) is 0 Å². The summed E-state index contributed by atoms with van der Waals surface area (Å²) in [4.78, 5) is 20.2. The highest BCUT2D eigenvalue weighted by atomic mass is 35.5. The Balaban J connectivity index is 1.39. The lowest BCUT2D eigenvalue weighted by Crippen LogP contribution is -2.54. The Morgan fingerprint density at radius 2 is 1.84 bits per heavy atom. The van der Waals surface area contributed by atoms with E-state index in [9.17, 15) is 4.79 Å². The van der Waals surface area contributed by atoms with Gasteiger partial charge >= 0.3 is 6.03 Å². The number of amides is 2. The number of urea groups is 1. The normalized spacial score (nSPS) is 19.0. The minimum absolute atomic E-state index is 0.128. The predicted octanol–water partition coefficient (Wildman–Crippen LogP) is 3.12. The van der Waals surface area contributed by atoms with E-state index in [-0.39, 0.29) is 6.03 Å². The summed E-state index contributed by atoms with van der Waals surface area (Å²) in [5, 5.41) is 1.26. The molecule has 5 nitrogen and oxygen atoms in total. The Morgan fingerprint density at radius 3 is 2.48 bits per heavy atom. The summed E-state index contributed by atoms with van der Waals surface area (Å²) >= 11 is 12.5. The summed E-state index contributed by atoms with van der Waals surface area (Å²) in [6.07, 6.45) is 1.16. The maximum atomic E-state index is 11.8. The Bertz CT molecular complexity index is 611. The fourth-order valence-electron chi connectivity index (χ4n) is 3.51. The zero-order valence-electron chi connectivity index (χ0n) is 14.9. The maximum absolute atomic E-state index is 11.8. The number of hydrogen-bond acceptors (Lipinski definition) is 3. The van der Waals surface area contributed by atoms with Crippen molar-refractivity contribution in [3.8, 4) is 0 Å². The van der Waals surface area contributed by atoms with Crippen LogP contribution < -0.4 is 4.90 Å². The fraction of sp³-hybridized carbons (Fsp3) is 0.611. The van der Waals surface area contributed by atoms with E-state index < -0.39 is 0 Å². The third-order valence-electron chi connectivity index (χ3n) is 5.11. The van der Waals surface area contributed by atoms with Gasteiger partial charge in [0.2, 0.25) is 0 Å². The second kappa shape index (κ2) is 8.02. The van der Waals surface area contributed by atoms with Gasteiger partial charge in [-0.15, -0.1) is 0 Å². The second-order valence-electron chi connectivity index (χ2n) is 7.14. The van der Waals surface area contributed by atoms with Crippen LogP contribution in [0.1, 0.15) is 6.42 Å². The van der Waals surface area contributed by atoms with E-state index in [1.807, 2.05) is 23.1 Å². The molecule has 138 valence electrons. The van der Waals surface area contributed by atoms with E-state index in [2.05, 4.69) is 9.80 Å². The van der Waals surface area contributed by atoms with Crippen molar-refractivity contribution in [2.24, 2.45) is 5.92 Å². The van der Waals surface area contributed by atoms with Gasteiger partial charge < -0.3 is 14.7 Å². The third kappa shape index (κ3) is 4.33. The summed E-state index contributed by atoms with van der Waals surface area (Å²) in [6.45, 7) is 6.91. The van der Waals surface area contributed by atoms with Crippen molar-refractivity contribution in [3.63, 3.8) is 0 Å². The Labute approximate surface area is 160 Å². The Hall–Kier alpha value is -1.17. The number of hydrogen-bond donors (Lipinski definition) is 0. The largest absolute Gasteiger partial charge is 0.368 e. The summed E-state index contributed by atoms with van der Waals surface area (Å²) in [5.74, 6) is 0.643. The van der Waals surface area contributed by atoms with Crippen LogP contribution in [0.2, 0.25) is 10.0 Å². The van der Waals surface area contributed by atoms with Gasteiger partial charge in [0.25, 0.3) is 0 Å². The monoisotopic (exact) mass is 384 g/mol. The molecule has 2 amide bonds. The molecule has 0 aliphatic carbocycles. The Kier molecular flexibility index (Phi) is 5.97. The average Bonchev–Trinajstić information content (AvgIpc) is 2.56. The first kappa shape index (κ1) is 18.6. The van der Waals surface area contributed by atoms with Crippen molar-refractivity contribution in [1.82, 2.24) is 14.7 Å². The predicted molar refractivity (Wildman–Crippen MR) is 104 cm³/mol. The molecule has 0 N–H and O–H groups in total. The molecular formula is C18H26Cl2N4O. The molecule has 0 aromatic heterocycles. The average molecular weight is 385 g/mol. The topological polar surface area (TPSA) is 30.0 Å². The lowest BCUT2D eigenvalue weighted by Gasteiger charge is -2.42. The van der Waals surface area contributed by atoms with E-state index >= 15 is 0 Å². The number of piperazine rings is 1. The fourth-order valence-corrected chi connectivity index (χ4v) is 3.92. The van der Waals surface area contributed by atoms with E-state index in [1.165, 1.54) is 0 Å². The standard InChI is InChI=1S/C18H26Cl2N4O/c1-21(2)18(25)24-12-14(13-24)6-7-22-8-10-23(11-9-22)16-5-3-4-15(19)17(16)20/h3-5,14H,6-13H2,1-2H3. The molecule has 7 heteroatoms. The van der Waals surface area contributed by atoms with E-state index in [1.54, 1.807) is 19.0 Å². The van der Waals surface area contributed by atoms with E-state index in [0.29, 0.717) is 16.0 Å². The van der Waals surface area contributed by atoms with Crippen LogP contribution in [0.4, 0.5) is 10.5 Å². The maximum Gasteiger partial charge on any atom is 0.319 e. The molecule has 3 rings (SSSR count). The molecule has 0 bridgehead atoms. The first-order chi connectivity index (χ1) is 12.0. The van der Waals surface area contributed by atoms with Crippen LogP contribution in [0, 0.1) is 5.92 Å². The third-order valence-corrected chi connectivity index (χ3v) is 5.92. The van der Waals surface area contributed by atoms with Gasteiger partial charge in [0, 0.05) is 53.4 Å². The molecule has 1 aromatic carbocycles. The van der Waals surface area contributed by atoms with Gasteiger partial charge in [-0.25, -0.2) is 4.79 Å². The lowest BCUT2D eigenvalue weighted by atomic mass is 9.96. The Morgan fingerprint density at radius 1 is 1.16 bits per heavy atom. The summed E-state index contributed by atoms with van der Waals surface area (Å²) in [5.41, 5.74) is 1.03. The summed E-state index contributed by atoms with van der Waals surface area (Å²) in [6, 6.07) is 5.94. The lowest BCUT2D eigenvalue weighted by molar-refractivity contribution is 0.0893. The second-order valence-corrected chi connectivity index (χ2v) is 7.92. The number of rotatable bonds is 4. The van der Waals surface area contributed by atoms with Gasteiger partial charge in [0.05, 0.1) is 15.7 Å². The van der Waals surface area contributed by atoms with Gasteiger partial charge in [-0.05, 0) is 31.0 Å². The number of carbonyl (C=O) groups is 1. The molecule has 0 atom stereocenters. The highest BCUT2D eigenvalue weighted by molar-refractivity contribution is 6.43. The number of likely N-dealkylation sites (tertiary alicyclic amines) is 1. The van der Waals surface area contributed by atoms with Crippen LogP contribution in [-0.2, 0) is 0 Å². The van der Waals surface area contributed by atoms with Crippen molar-refractivity contribution in [1.29, 1.82) is 0 Å². The highest BCUT2D eigenvalue weighted by Crippen LogP contribution is 2.33. The number of anilines is 1. The molecule has 2 aliphatic heterocycles. The number of carbonyl (C=O) groups excluding carboxylic acids is 1. The first-order valence-corrected chi connectivity index (χ1v) is 9.59. The van der Waals surface area contributed by atoms with Crippen molar-refractivity contribution < 1.29 is 4.79 Å². The molecule has 25 heavy (non-hydrogen) atoms. The van der Waals surface area contributed by atoms with Crippen LogP contribution >= 0.6 is 23.2 Å². The molecule has 2 heterocycles. The van der Waals surface area contributed by atoms with Gasteiger partial charge in [-0.3, -0.25) is 4.90 Å². The highest BCUT2D eigenvalue weighted by Gasteiger charge is 2.31. The summed E-state index contributed by atoms with van der Waals surface area (Å²) in [7, 11) is 3.61. The zero-order valence-corrected chi connectivity index (χ0v) is 16.4. The van der Waals surface area contributed by atoms with Gasteiger partial charge in [-0.2, -0.15) is 0 Å². The first-order valence-electron chi connectivity index (χ1n) is 8.83. The molecule has 2 fully saturated rings. The van der Waals surface area contributed by atoms with Crippen LogP contribution in [0.25, 0.3) is 0 Å². The van der Waals surface area contributed by atoms with Crippen LogP contribution in [0.5, 0.6) is 0 Å². The van der Waals surface area contributed by atoms with Gasteiger partial charge in [-0.1, -0.05) is 29.3 Å². The number of benzene rings is 1. The minimum Gasteiger partial charge on any atom is -0.368 e. The molecule has 2 saturated heterocycles. The van der Waals surface area contributed by atoms with Crippen molar-refractivity contribution >= 4 is 34.9 Å². The van der Waals surface area contributed by atoms with Gasteiger partial charge in [0.15, 0.2) is 0 Å². The molecule has 0 saturated carbocycles. The van der Waals surface area contributed by atoms with Crippen LogP contribution in [0.15, 0.2) is 18.2 Å². The van der Waals surface area contributed by atoms with Crippen molar-refractivity contribution in [2.75, 3.05) is 64.8 Å². The minimum atomic E-state index is 0.128. The molecule has 1 aromatic rings.